The molecule has 144 valence electrons. The topological polar surface area (TPSA) is 41.6 Å². The maximum atomic E-state index is 12.7. The zero-order valence-corrected chi connectivity index (χ0v) is 16.2. The van der Waals surface area contributed by atoms with E-state index in [2.05, 4.69) is 40.5 Å². The number of piperidine rings is 1. The second-order valence-electron chi connectivity index (χ2n) is 7.45. The molecule has 1 N–H and O–H groups in total. The molecule has 0 radical (unpaired) electrons. The number of likely N-dealkylation sites (tertiary alicyclic amines) is 1. The van der Waals surface area contributed by atoms with Crippen molar-refractivity contribution in [3.05, 3.63) is 72.3 Å². The summed E-state index contributed by atoms with van der Waals surface area (Å²) in [4.78, 5) is 15.1. The first kappa shape index (κ1) is 18.5. The number of nitrogens with zero attached hydrogens (tertiary/aromatic N) is 1. The molecule has 0 aliphatic carbocycles. The van der Waals surface area contributed by atoms with Gasteiger partial charge in [0.1, 0.15) is 5.75 Å². The van der Waals surface area contributed by atoms with Crippen LogP contribution in [0.25, 0.3) is 10.8 Å². The third kappa shape index (κ3) is 4.34. The number of benzene rings is 3. The molecule has 3 aromatic rings. The molecule has 1 heterocycles. The maximum absolute atomic E-state index is 12.7. The van der Waals surface area contributed by atoms with Crippen molar-refractivity contribution >= 4 is 22.4 Å². The van der Waals surface area contributed by atoms with Gasteiger partial charge in [0, 0.05) is 18.2 Å². The standard InChI is InChI=1S/C24H26N2O2/c1-28-23-8-4-5-18(15-23)17-26-13-11-20(12-14-26)24(27)25-22-10-9-19-6-2-3-7-21(19)16-22/h2-10,15-16,20H,11-14,17H2,1H3,(H,25,27). The molecule has 1 aliphatic rings. The summed E-state index contributed by atoms with van der Waals surface area (Å²) in [7, 11) is 1.69. The maximum Gasteiger partial charge on any atom is 0.227 e. The summed E-state index contributed by atoms with van der Waals surface area (Å²) in [5, 5.41) is 5.44. The molecule has 0 spiro atoms. The Morgan fingerprint density at radius 3 is 2.57 bits per heavy atom. The van der Waals surface area contributed by atoms with Gasteiger partial charge < -0.3 is 10.1 Å². The number of carbonyl (C=O) groups excluding carboxylic acids is 1. The van der Waals surface area contributed by atoms with E-state index in [1.165, 1.54) is 10.9 Å². The van der Waals surface area contributed by atoms with Crippen molar-refractivity contribution in [2.75, 3.05) is 25.5 Å². The Morgan fingerprint density at radius 1 is 1.00 bits per heavy atom. The first-order valence-electron chi connectivity index (χ1n) is 9.86. The smallest absolute Gasteiger partial charge is 0.227 e. The quantitative estimate of drug-likeness (QED) is 0.704. The lowest BCUT2D eigenvalue weighted by Crippen LogP contribution is -2.37. The minimum atomic E-state index is 0.0769. The number of anilines is 1. The lowest BCUT2D eigenvalue weighted by Gasteiger charge is -2.31. The molecule has 0 aromatic heterocycles. The van der Waals surface area contributed by atoms with Crippen LogP contribution in [-0.2, 0) is 11.3 Å². The summed E-state index contributed by atoms with van der Waals surface area (Å²) in [6.45, 7) is 2.77. The summed E-state index contributed by atoms with van der Waals surface area (Å²) in [5.74, 6) is 1.10. The Balaban J connectivity index is 1.31. The van der Waals surface area contributed by atoms with Gasteiger partial charge in [-0.05, 0) is 66.5 Å². The van der Waals surface area contributed by atoms with Gasteiger partial charge in [-0.2, -0.15) is 0 Å². The molecule has 1 fully saturated rings. The number of hydrogen-bond acceptors (Lipinski definition) is 3. The highest BCUT2D eigenvalue weighted by Crippen LogP contribution is 2.24. The Morgan fingerprint density at radius 2 is 1.79 bits per heavy atom. The normalized spacial score (nSPS) is 15.5. The summed E-state index contributed by atoms with van der Waals surface area (Å²) >= 11 is 0. The molecule has 4 nitrogen and oxygen atoms in total. The summed E-state index contributed by atoms with van der Waals surface area (Å²) < 4.78 is 5.30. The van der Waals surface area contributed by atoms with Crippen molar-refractivity contribution in [3.8, 4) is 5.75 Å². The van der Waals surface area contributed by atoms with E-state index in [0.717, 1.165) is 49.3 Å². The molecule has 0 unspecified atom stereocenters. The SMILES string of the molecule is COc1cccc(CN2CCC(C(=O)Nc3ccc4ccccc4c3)CC2)c1. The molecule has 4 rings (SSSR count). The molecule has 1 amide bonds. The van der Waals surface area contributed by atoms with Gasteiger partial charge in [-0.25, -0.2) is 0 Å². The predicted octanol–water partition coefficient (Wildman–Crippen LogP) is 4.70. The summed E-state index contributed by atoms with van der Waals surface area (Å²) in [6.07, 6.45) is 1.78. The van der Waals surface area contributed by atoms with Gasteiger partial charge in [0.25, 0.3) is 0 Å². The Hall–Kier alpha value is -2.85. The van der Waals surface area contributed by atoms with Crippen LogP contribution in [0.2, 0.25) is 0 Å². The van der Waals surface area contributed by atoms with Crippen LogP contribution in [0.3, 0.4) is 0 Å². The molecular weight excluding hydrogens is 348 g/mol. The van der Waals surface area contributed by atoms with Gasteiger partial charge in [0.05, 0.1) is 7.11 Å². The van der Waals surface area contributed by atoms with Gasteiger partial charge in [-0.3, -0.25) is 9.69 Å². The highest BCUT2D eigenvalue weighted by Gasteiger charge is 2.25. The number of hydrogen-bond donors (Lipinski definition) is 1. The molecular formula is C24H26N2O2. The van der Waals surface area contributed by atoms with Crippen molar-refractivity contribution in [2.45, 2.75) is 19.4 Å². The average Bonchev–Trinajstić information content (AvgIpc) is 2.74. The largest absolute Gasteiger partial charge is 0.497 e. The van der Waals surface area contributed by atoms with E-state index >= 15 is 0 Å². The third-order valence-corrected chi connectivity index (χ3v) is 5.52. The first-order valence-corrected chi connectivity index (χ1v) is 9.86. The Kier molecular flexibility index (Phi) is 5.58. The Bertz CT molecular complexity index is 961. The molecule has 0 saturated carbocycles. The van der Waals surface area contributed by atoms with E-state index in [4.69, 9.17) is 4.74 Å². The fourth-order valence-corrected chi connectivity index (χ4v) is 3.89. The minimum Gasteiger partial charge on any atom is -0.497 e. The number of ether oxygens (including phenoxy) is 1. The monoisotopic (exact) mass is 374 g/mol. The van der Waals surface area contributed by atoms with Crippen LogP contribution in [0.4, 0.5) is 5.69 Å². The predicted molar refractivity (Wildman–Crippen MR) is 114 cm³/mol. The highest BCUT2D eigenvalue weighted by molar-refractivity contribution is 5.95. The first-order chi connectivity index (χ1) is 13.7. The van der Waals surface area contributed by atoms with E-state index in [-0.39, 0.29) is 11.8 Å². The zero-order valence-electron chi connectivity index (χ0n) is 16.2. The number of amides is 1. The molecule has 3 aromatic carbocycles. The van der Waals surface area contributed by atoms with Gasteiger partial charge in [0.15, 0.2) is 0 Å². The minimum absolute atomic E-state index is 0.0769. The van der Waals surface area contributed by atoms with E-state index in [1.807, 2.05) is 36.4 Å². The second kappa shape index (κ2) is 8.44. The lowest BCUT2D eigenvalue weighted by atomic mass is 9.95. The van der Waals surface area contributed by atoms with E-state index < -0.39 is 0 Å². The number of fused-ring (bicyclic) bond motifs is 1. The molecule has 0 atom stereocenters. The van der Waals surface area contributed by atoms with Crippen LogP contribution in [0.15, 0.2) is 66.7 Å². The molecule has 1 aliphatic heterocycles. The highest BCUT2D eigenvalue weighted by atomic mass is 16.5. The zero-order chi connectivity index (χ0) is 19.3. The van der Waals surface area contributed by atoms with Crippen LogP contribution in [0, 0.1) is 5.92 Å². The fourth-order valence-electron chi connectivity index (χ4n) is 3.89. The fraction of sp³-hybridized carbons (Fsp3) is 0.292. The molecule has 28 heavy (non-hydrogen) atoms. The number of methoxy groups -OCH3 is 1. The lowest BCUT2D eigenvalue weighted by molar-refractivity contribution is -0.121. The number of nitrogens with one attached hydrogen (secondary N) is 1. The number of carbonyl (C=O) groups is 1. The molecule has 0 bridgehead atoms. The van der Waals surface area contributed by atoms with Gasteiger partial charge in [-0.15, -0.1) is 0 Å². The molecule has 1 saturated heterocycles. The van der Waals surface area contributed by atoms with Crippen LogP contribution in [0.5, 0.6) is 5.75 Å². The van der Waals surface area contributed by atoms with Gasteiger partial charge in [0.2, 0.25) is 5.91 Å². The second-order valence-corrected chi connectivity index (χ2v) is 7.45. The van der Waals surface area contributed by atoms with Crippen molar-refractivity contribution < 1.29 is 9.53 Å². The molecule has 4 heteroatoms. The van der Waals surface area contributed by atoms with Crippen molar-refractivity contribution in [3.63, 3.8) is 0 Å². The number of rotatable bonds is 5. The van der Waals surface area contributed by atoms with Crippen molar-refractivity contribution in [1.29, 1.82) is 0 Å². The van der Waals surface area contributed by atoms with Crippen LogP contribution >= 0.6 is 0 Å². The third-order valence-electron chi connectivity index (χ3n) is 5.52. The average molecular weight is 374 g/mol. The van der Waals surface area contributed by atoms with Gasteiger partial charge in [-0.1, -0.05) is 42.5 Å². The van der Waals surface area contributed by atoms with Crippen LogP contribution < -0.4 is 10.1 Å². The van der Waals surface area contributed by atoms with E-state index in [0.29, 0.717) is 0 Å². The van der Waals surface area contributed by atoms with Crippen LogP contribution in [-0.4, -0.2) is 31.0 Å². The summed E-state index contributed by atoms with van der Waals surface area (Å²) in [6, 6.07) is 22.5. The van der Waals surface area contributed by atoms with E-state index in [9.17, 15) is 4.79 Å². The van der Waals surface area contributed by atoms with Crippen molar-refractivity contribution in [2.24, 2.45) is 5.92 Å². The van der Waals surface area contributed by atoms with E-state index in [1.54, 1.807) is 7.11 Å². The van der Waals surface area contributed by atoms with Crippen LogP contribution in [0.1, 0.15) is 18.4 Å². The van der Waals surface area contributed by atoms with Gasteiger partial charge >= 0.3 is 0 Å². The van der Waals surface area contributed by atoms with Crippen molar-refractivity contribution in [1.82, 2.24) is 4.90 Å². The Labute approximate surface area is 166 Å². The summed E-state index contributed by atoms with van der Waals surface area (Å²) in [5.41, 5.74) is 2.13.